The summed E-state index contributed by atoms with van der Waals surface area (Å²) in [6.45, 7) is 0. The van der Waals surface area contributed by atoms with Crippen molar-refractivity contribution in [1.29, 1.82) is 0 Å². The number of benzene rings is 2. The lowest BCUT2D eigenvalue weighted by Crippen LogP contribution is -1.94. The zero-order valence-corrected chi connectivity index (χ0v) is 11.1. The number of hydrogen-bond donors (Lipinski definition) is 1. The lowest BCUT2D eigenvalue weighted by atomic mass is 10.3. The van der Waals surface area contributed by atoms with Gasteiger partial charge in [0, 0.05) is 12.1 Å². The number of nitrogens with one attached hydrogen (secondary N) is 1. The molecule has 0 fully saturated rings. The van der Waals surface area contributed by atoms with Crippen LogP contribution in [0.1, 0.15) is 0 Å². The maximum atomic E-state index is 13.5. The molecular weight excluding hydrogens is 316 g/mol. The van der Waals surface area contributed by atoms with Crippen molar-refractivity contribution in [3.05, 3.63) is 68.3 Å². The van der Waals surface area contributed by atoms with Gasteiger partial charge in [0.1, 0.15) is 5.69 Å². The minimum atomic E-state index is -0.978. The van der Waals surface area contributed by atoms with Crippen LogP contribution in [0.25, 0.3) is 0 Å². The Labute approximate surface area is 126 Å². The third-order valence-corrected chi connectivity index (χ3v) is 2.63. The quantitative estimate of drug-likeness (QED) is 0.508. The standard InChI is InChI=1S/C12H7F2N5O4/c13-9-5-7(18(20)21)1-3-11(9)15-17-16-12-4-2-8(19(22)23)6-10(12)14/h1-6H,(H,15,16). The molecule has 0 saturated heterocycles. The fourth-order valence-corrected chi connectivity index (χ4v) is 1.53. The molecule has 0 amide bonds. The second kappa shape index (κ2) is 6.51. The van der Waals surface area contributed by atoms with Gasteiger partial charge in [-0.1, -0.05) is 5.22 Å². The summed E-state index contributed by atoms with van der Waals surface area (Å²) >= 11 is 0. The van der Waals surface area contributed by atoms with Crippen LogP contribution in [0.2, 0.25) is 0 Å². The van der Waals surface area contributed by atoms with Gasteiger partial charge < -0.3 is 0 Å². The molecule has 0 aliphatic heterocycles. The zero-order valence-electron chi connectivity index (χ0n) is 11.1. The van der Waals surface area contributed by atoms with E-state index in [4.69, 9.17) is 0 Å². The molecule has 0 saturated carbocycles. The number of rotatable bonds is 5. The molecule has 9 nitrogen and oxygen atoms in total. The van der Waals surface area contributed by atoms with E-state index in [0.717, 1.165) is 24.3 Å². The summed E-state index contributed by atoms with van der Waals surface area (Å²) in [5.74, 6) is -1.92. The SMILES string of the molecule is O=[N+]([O-])c1ccc(N=NNc2ccc([N+](=O)[O-])cc2F)c(F)c1. The van der Waals surface area contributed by atoms with Crippen LogP contribution >= 0.6 is 0 Å². The van der Waals surface area contributed by atoms with Crippen LogP contribution in [0.5, 0.6) is 0 Å². The first-order valence-electron chi connectivity index (χ1n) is 5.93. The van der Waals surface area contributed by atoms with Crippen LogP contribution in [-0.2, 0) is 0 Å². The van der Waals surface area contributed by atoms with Gasteiger partial charge in [0.05, 0.1) is 27.7 Å². The highest BCUT2D eigenvalue weighted by Crippen LogP contribution is 2.24. The molecule has 0 radical (unpaired) electrons. The molecule has 0 heterocycles. The van der Waals surface area contributed by atoms with Crippen molar-refractivity contribution in [2.45, 2.75) is 0 Å². The third-order valence-electron chi connectivity index (χ3n) is 2.63. The van der Waals surface area contributed by atoms with Crippen LogP contribution < -0.4 is 5.43 Å². The van der Waals surface area contributed by atoms with Crippen molar-refractivity contribution >= 4 is 22.7 Å². The molecule has 0 aliphatic carbocycles. The van der Waals surface area contributed by atoms with E-state index in [1.54, 1.807) is 0 Å². The molecule has 23 heavy (non-hydrogen) atoms. The maximum Gasteiger partial charge on any atom is 0.272 e. The molecule has 2 aromatic rings. The summed E-state index contributed by atoms with van der Waals surface area (Å²) in [7, 11) is 0. The molecule has 118 valence electrons. The Bertz CT molecular complexity index is 812. The van der Waals surface area contributed by atoms with Gasteiger partial charge in [-0.05, 0) is 12.1 Å². The van der Waals surface area contributed by atoms with Gasteiger partial charge in [-0.15, -0.1) is 5.11 Å². The fourth-order valence-electron chi connectivity index (χ4n) is 1.53. The number of non-ortho nitro benzene ring substituents is 2. The van der Waals surface area contributed by atoms with Crippen molar-refractivity contribution < 1.29 is 18.6 Å². The smallest absolute Gasteiger partial charge is 0.258 e. The van der Waals surface area contributed by atoms with E-state index >= 15 is 0 Å². The van der Waals surface area contributed by atoms with Gasteiger partial charge >= 0.3 is 0 Å². The van der Waals surface area contributed by atoms with Gasteiger partial charge in [-0.25, -0.2) is 8.78 Å². The second-order valence-corrected chi connectivity index (χ2v) is 4.13. The molecule has 11 heteroatoms. The first-order valence-corrected chi connectivity index (χ1v) is 5.93. The van der Waals surface area contributed by atoms with E-state index in [1.165, 1.54) is 0 Å². The predicted molar refractivity (Wildman–Crippen MR) is 74.2 cm³/mol. The normalized spacial score (nSPS) is 10.7. The van der Waals surface area contributed by atoms with E-state index < -0.39 is 32.9 Å². The molecule has 0 atom stereocenters. The highest BCUT2D eigenvalue weighted by atomic mass is 19.1. The minimum Gasteiger partial charge on any atom is -0.258 e. The first kappa shape index (κ1) is 15.9. The predicted octanol–water partition coefficient (Wildman–Crippen LogP) is 3.89. The van der Waals surface area contributed by atoms with Gasteiger partial charge in [-0.2, -0.15) is 0 Å². The Balaban J connectivity index is 2.13. The van der Waals surface area contributed by atoms with Crippen molar-refractivity contribution in [2.75, 3.05) is 5.43 Å². The molecule has 2 aromatic carbocycles. The van der Waals surface area contributed by atoms with Crippen LogP contribution in [-0.4, -0.2) is 9.85 Å². The van der Waals surface area contributed by atoms with E-state index in [1.807, 2.05) is 0 Å². The van der Waals surface area contributed by atoms with Crippen molar-refractivity contribution in [3.8, 4) is 0 Å². The van der Waals surface area contributed by atoms with Crippen molar-refractivity contribution in [1.82, 2.24) is 0 Å². The highest BCUT2D eigenvalue weighted by Gasteiger charge is 2.11. The van der Waals surface area contributed by atoms with E-state index in [2.05, 4.69) is 15.8 Å². The first-order chi connectivity index (χ1) is 10.9. The van der Waals surface area contributed by atoms with Crippen LogP contribution in [0.15, 0.2) is 46.7 Å². The molecular formula is C12H7F2N5O4. The number of nitrogens with zero attached hydrogens (tertiary/aromatic N) is 4. The van der Waals surface area contributed by atoms with Crippen LogP contribution in [0.3, 0.4) is 0 Å². The maximum absolute atomic E-state index is 13.5. The average Bonchev–Trinajstić information content (AvgIpc) is 2.49. The molecule has 0 aromatic heterocycles. The van der Waals surface area contributed by atoms with Crippen LogP contribution in [0, 0.1) is 31.9 Å². The number of nitro groups is 2. The summed E-state index contributed by atoms with van der Waals surface area (Å²) < 4.78 is 27.1. The molecule has 0 unspecified atom stereocenters. The van der Waals surface area contributed by atoms with E-state index in [-0.39, 0.29) is 11.4 Å². The van der Waals surface area contributed by atoms with Crippen molar-refractivity contribution in [2.24, 2.45) is 10.3 Å². The van der Waals surface area contributed by atoms with Gasteiger partial charge in [0.25, 0.3) is 11.4 Å². The lowest BCUT2D eigenvalue weighted by Gasteiger charge is -2.01. The summed E-state index contributed by atoms with van der Waals surface area (Å²) in [5, 5.41) is 27.7. The topological polar surface area (TPSA) is 123 Å². The third kappa shape index (κ3) is 3.78. The minimum absolute atomic E-state index is 0.207. The number of anilines is 1. The Morgan fingerprint density at radius 1 is 0.913 bits per heavy atom. The Morgan fingerprint density at radius 2 is 1.48 bits per heavy atom. The zero-order chi connectivity index (χ0) is 17.0. The summed E-state index contributed by atoms with van der Waals surface area (Å²) in [4.78, 5) is 19.4. The largest absolute Gasteiger partial charge is 0.272 e. The lowest BCUT2D eigenvalue weighted by molar-refractivity contribution is -0.385. The summed E-state index contributed by atoms with van der Waals surface area (Å²) in [5.41, 5.74) is 0.758. The Morgan fingerprint density at radius 3 is 2.00 bits per heavy atom. The molecule has 2 rings (SSSR count). The van der Waals surface area contributed by atoms with Gasteiger partial charge in [-0.3, -0.25) is 25.7 Å². The molecule has 1 N–H and O–H groups in total. The summed E-state index contributed by atoms with van der Waals surface area (Å²) in [6, 6.07) is 5.53. The van der Waals surface area contributed by atoms with Gasteiger partial charge in [0.2, 0.25) is 0 Å². The average molecular weight is 323 g/mol. The van der Waals surface area contributed by atoms with Crippen LogP contribution in [0.4, 0.5) is 31.5 Å². The van der Waals surface area contributed by atoms with Crippen molar-refractivity contribution in [3.63, 3.8) is 0 Å². The number of halogens is 2. The molecule has 0 spiro atoms. The van der Waals surface area contributed by atoms with E-state index in [0.29, 0.717) is 12.1 Å². The fraction of sp³-hybridized carbons (Fsp3) is 0. The summed E-state index contributed by atoms with van der Waals surface area (Å²) in [6.07, 6.45) is 0. The highest BCUT2D eigenvalue weighted by molar-refractivity contribution is 5.50. The monoisotopic (exact) mass is 323 g/mol. The Kier molecular flexibility index (Phi) is 4.50. The molecule has 0 bridgehead atoms. The van der Waals surface area contributed by atoms with Gasteiger partial charge in [0.15, 0.2) is 11.6 Å². The second-order valence-electron chi connectivity index (χ2n) is 4.13. The Hall–Kier alpha value is -3.50. The molecule has 0 aliphatic rings. The number of nitro benzene ring substituents is 2. The number of hydrogen-bond acceptors (Lipinski definition) is 6. The van der Waals surface area contributed by atoms with E-state index in [9.17, 15) is 29.0 Å².